The van der Waals surface area contributed by atoms with E-state index in [0.717, 1.165) is 17.7 Å². The van der Waals surface area contributed by atoms with Gasteiger partial charge in [-0.2, -0.15) is 11.8 Å². The minimum Gasteiger partial charge on any atom is -0.330 e. The Kier molecular flexibility index (Phi) is 5.08. The van der Waals surface area contributed by atoms with Gasteiger partial charge < -0.3 is 5.73 Å². The summed E-state index contributed by atoms with van der Waals surface area (Å²) >= 11 is 2.15. The standard InChI is InChI=1S/C10H21NS/c1-9-4-2-5-10(8-9)12-7-3-6-11/h9-10H,2-8,11H2,1H3. The van der Waals surface area contributed by atoms with Gasteiger partial charge in [0.15, 0.2) is 0 Å². The van der Waals surface area contributed by atoms with E-state index in [1.54, 1.807) is 0 Å². The second-order valence-corrected chi connectivity index (χ2v) is 5.32. The molecular formula is C10H21NS. The van der Waals surface area contributed by atoms with Crippen molar-refractivity contribution in [2.24, 2.45) is 11.7 Å². The normalized spacial score (nSPS) is 30.5. The topological polar surface area (TPSA) is 26.0 Å². The molecule has 0 aromatic heterocycles. The van der Waals surface area contributed by atoms with E-state index in [9.17, 15) is 0 Å². The molecule has 0 radical (unpaired) electrons. The van der Waals surface area contributed by atoms with Gasteiger partial charge >= 0.3 is 0 Å². The molecule has 0 aromatic carbocycles. The Balaban J connectivity index is 2.06. The van der Waals surface area contributed by atoms with E-state index < -0.39 is 0 Å². The van der Waals surface area contributed by atoms with Crippen molar-refractivity contribution in [1.82, 2.24) is 0 Å². The van der Waals surface area contributed by atoms with Crippen molar-refractivity contribution in [3.63, 3.8) is 0 Å². The summed E-state index contributed by atoms with van der Waals surface area (Å²) in [6, 6.07) is 0. The van der Waals surface area contributed by atoms with Crippen LogP contribution in [0.25, 0.3) is 0 Å². The first-order valence-electron chi connectivity index (χ1n) is 5.14. The molecule has 72 valence electrons. The fourth-order valence-electron chi connectivity index (χ4n) is 1.86. The van der Waals surface area contributed by atoms with E-state index in [1.807, 2.05) is 0 Å². The maximum absolute atomic E-state index is 5.46. The molecule has 2 atom stereocenters. The van der Waals surface area contributed by atoms with Gasteiger partial charge in [0.2, 0.25) is 0 Å². The fraction of sp³-hybridized carbons (Fsp3) is 1.00. The van der Waals surface area contributed by atoms with Crippen molar-refractivity contribution in [2.45, 2.75) is 44.3 Å². The number of nitrogens with two attached hydrogens (primary N) is 1. The molecule has 1 aliphatic rings. The minimum atomic E-state index is 0.856. The maximum Gasteiger partial charge on any atom is 0.00495 e. The molecule has 1 rings (SSSR count). The molecule has 1 aliphatic carbocycles. The van der Waals surface area contributed by atoms with E-state index in [0.29, 0.717) is 0 Å². The molecule has 2 N–H and O–H groups in total. The van der Waals surface area contributed by atoms with Crippen LogP contribution < -0.4 is 5.73 Å². The number of rotatable bonds is 4. The third kappa shape index (κ3) is 3.81. The van der Waals surface area contributed by atoms with Gasteiger partial charge in [0.25, 0.3) is 0 Å². The first-order valence-corrected chi connectivity index (χ1v) is 6.19. The van der Waals surface area contributed by atoms with Gasteiger partial charge in [-0.3, -0.25) is 0 Å². The van der Waals surface area contributed by atoms with Gasteiger partial charge in [-0.1, -0.05) is 19.8 Å². The predicted octanol–water partition coefficient (Wildman–Crippen LogP) is 2.65. The molecule has 0 saturated heterocycles. The largest absolute Gasteiger partial charge is 0.330 e. The molecule has 1 nitrogen and oxygen atoms in total. The summed E-state index contributed by atoms with van der Waals surface area (Å²) in [7, 11) is 0. The van der Waals surface area contributed by atoms with Crippen molar-refractivity contribution in [3.05, 3.63) is 0 Å². The molecule has 0 bridgehead atoms. The van der Waals surface area contributed by atoms with Gasteiger partial charge in [-0.25, -0.2) is 0 Å². The highest BCUT2D eigenvalue weighted by Crippen LogP contribution is 2.31. The third-order valence-corrected chi connectivity index (χ3v) is 4.01. The predicted molar refractivity (Wildman–Crippen MR) is 57.5 cm³/mol. The van der Waals surface area contributed by atoms with Crippen LogP contribution in [0, 0.1) is 5.92 Å². The van der Waals surface area contributed by atoms with Crippen LogP contribution in [0.4, 0.5) is 0 Å². The Labute approximate surface area is 80.5 Å². The van der Waals surface area contributed by atoms with E-state index in [1.165, 1.54) is 37.9 Å². The molecule has 0 heterocycles. The number of hydrogen-bond donors (Lipinski definition) is 1. The highest BCUT2D eigenvalue weighted by atomic mass is 32.2. The van der Waals surface area contributed by atoms with Crippen molar-refractivity contribution < 1.29 is 0 Å². The lowest BCUT2D eigenvalue weighted by atomic mass is 9.91. The minimum absolute atomic E-state index is 0.856. The summed E-state index contributed by atoms with van der Waals surface area (Å²) in [5.74, 6) is 2.24. The smallest absolute Gasteiger partial charge is 0.00495 e. The Hall–Kier alpha value is 0.310. The van der Waals surface area contributed by atoms with Crippen LogP contribution in [0.2, 0.25) is 0 Å². The van der Waals surface area contributed by atoms with E-state index in [4.69, 9.17) is 5.73 Å². The van der Waals surface area contributed by atoms with E-state index in [2.05, 4.69) is 18.7 Å². The summed E-state index contributed by atoms with van der Waals surface area (Å²) in [5, 5.41) is 0.945. The van der Waals surface area contributed by atoms with E-state index in [-0.39, 0.29) is 0 Å². The van der Waals surface area contributed by atoms with Gasteiger partial charge in [-0.05, 0) is 37.5 Å². The summed E-state index contributed by atoms with van der Waals surface area (Å²) in [4.78, 5) is 0. The quantitative estimate of drug-likeness (QED) is 0.685. The molecule has 2 heteroatoms. The lowest BCUT2D eigenvalue weighted by Crippen LogP contribution is -2.16. The highest BCUT2D eigenvalue weighted by Gasteiger charge is 2.18. The molecule has 0 amide bonds. The average Bonchev–Trinajstić information content (AvgIpc) is 2.05. The highest BCUT2D eigenvalue weighted by molar-refractivity contribution is 7.99. The van der Waals surface area contributed by atoms with Crippen LogP contribution in [0.5, 0.6) is 0 Å². The lowest BCUT2D eigenvalue weighted by Gasteiger charge is -2.26. The first-order chi connectivity index (χ1) is 5.83. The lowest BCUT2D eigenvalue weighted by molar-refractivity contribution is 0.394. The SMILES string of the molecule is CC1CCCC(SCCCN)C1. The van der Waals surface area contributed by atoms with E-state index >= 15 is 0 Å². The summed E-state index contributed by atoms with van der Waals surface area (Å²) in [6.07, 6.45) is 6.97. The number of hydrogen-bond acceptors (Lipinski definition) is 2. The van der Waals surface area contributed by atoms with Crippen molar-refractivity contribution in [3.8, 4) is 0 Å². The molecule has 1 fully saturated rings. The van der Waals surface area contributed by atoms with Gasteiger partial charge in [0, 0.05) is 5.25 Å². The molecule has 0 aliphatic heterocycles. The second-order valence-electron chi connectivity index (χ2n) is 3.91. The third-order valence-electron chi connectivity index (χ3n) is 2.59. The van der Waals surface area contributed by atoms with Gasteiger partial charge in [-0.15, -0.1) is 0 Å². The van der Waals surface area contributed by atoms with Crippen molar-refractivity contribution >= 4 is 11.8 Å². The molecule has 0 spiro atoms. The van der Waals surface area contributed by atoms with Crippen LogP contribution >= 0.6 is 11.8 Å². The van der Waals surface area contributed by atoms with Crippen LogP contribution in [0.1, 0.15) is 39.0 Å². The van der Waals surface area contributed by atoms with Crippen LogP contribution in [0.3, 0.4) is 0 Å². The Morgan fingerprint density at radius 3 is 2.92 bits per heavy atom. The van der Waals surface area contributed by atoms with Crippen molar-refractivity contribution in [2.75, 3.05) is 12.3 Å². The Bertz CT molecular complexity index is 116. The Morgan fingerprint density at radius 1 is 1.42 bits per heavy atom. The second kappa shape index (κ2) is 5.87. The monoisotopic (exact) mass is 187 g/mol. The molecule has 2 unspecified atom stereocenters. The van der Waals surface area contributed by atoms with Gasteiger partial charge in [0.05, 0.1) is 0 Å². The zero-order valence-corrected chi connectivity index (χ0v) is 8.91. The summed E-state index contributed by atoms with van der Waals surface area (Å²) in [6.45, 7) is 3.24. The molecule has 1 saturated carbocycles. The molecule has 12 heavy (non-hydrogen) atoms. The number of thioether (sulfide) groups is 1. The fourth-order valence-corrected chi connectivity index (χ4v) is 3.33. The summed E-state index contributed by atoms with van der Waals surface area (Å²) in [5.41, 5.74) is 5.46. The first kappa shape index (κ1) is 10.4. The maximum atomic E-state index is 5.46. The van der Waals surface area contributed by atoms with Gasteiger partial charge in [0.1, 0.15) is 0 Å². The zero-order valence-electron chi connectivity index (χ0n) is 8.09. The zero-order chi connectivity index (χ0) is 8.81. The molecule has 0 aromatic rings. The summed E-state index contributed by atoms with van der Waals surface area (Å²) < 4.78 is 0. The average molecular weight is 187 g/mol. The van der Waals surface area contributed by atoms with Crippen molar-refractivity contribution in [1.29, 1.82) is 0 Å². The van der Waals surface area contributed by atoms with Crippen LogP contribution in [0.15, 0.2) is 0 Å². The van der Waals surface area contributed by atoms with Crippen LogP contribution in [-0.4, -0.2) is 17.5 Å². The molecular weight excluding hydrogens is 166 g/mol. The van der Waals surface area contributed by atoms with Crippen LogP contribution in [-0.2, 0) is 0 Å². The Morgan fingerprint density at radius 2 is 2.25 bits per heavy atom.